The van der Waals surface area contributed by atoms with E-state index < -0.39 is 6.10 Å². The van der Waals surface area contributed by atoms with Crippen molar-refractivity contribution < 1.29 is 5.11 Å². The summed E-state index contributed by atoms with van der Waals surface area (Å²) < 4.78 is 2.26. The summed E-state index contributed by atoms with van der Waals surface area (Å²) in [6.07, 6.45) is -0.420. The summed E-state index contributed by atoms with van der Waals surface area (Å²) in [5, 5.41) is 14.2. The van der Waals surface area contributed by atoms with Gasteiger partial charge in [0.25, 0.3) is 0 Å². The first-order chi connectivity index (χ1) is 14.7. The van der Waals surface area contributed by atoms with Crippen LogP contribution in [0.25, 0.3) is 21.8 Å². The minimum Gasteiger partial charge on any atom is -0.390 e. The number of para-hydroxylation sites is 3. The first kappa shape index (κ1) is 19.4. The van der Waals surface area contributed by atoms with E-state index in [4.69, 9.17) is 11.6 Å². The van der Waals surface area contributed by atoms with Crippen LogP contribution in [0.3, 0.4) is 0 Å². The predicted octanol–water partition coefficient (Wildman–Crippen LogP) is 4.63. The lowest BCUT2D eigenvalue weighted by molar-refractivity contribution is 0.0969. The molecule has 0 radical (unpaired) electrons. The maximum Gasteiger partial charge on any atom is 0.0845 e. The second-order valence-corrected chi connectivity index (χ2v) is 8.44. The fourth-order valence-electron chi connectivity index (χ4n) is 4.65. The first-order valence-electron chi connectivity index (χ1n) is 10.6. The molecule has 1 aromatic heterocycles. The highest BCUT2D eigenvalue weighted by Gasteiger charge is 2.21. The minimum absolute atomic E-state index is 0.420. The lowest BCUT2D eigenvalue weighted by atomic mass is 10.2. The lowest BCUT2D eigenvalue weighted by Gasteiger charge is -2.37. The van der Waals surface area contributed by atoms with Crippen LogP contribution in [-0.4, -0.2) is 53.4 Å². The van der Waals surface area contributed by atoms with Crippen molar-refractivity contribution in [1.82, 2.24) is 9.47 Å². The van der Waals surface area contributed by atoms with E-state index in [1.54, 1.807) is 0 Å². The topological polar surface area (TPSA) is 31.6 Å². The highest BCUT2D eigenvalue weighted by Crippen LogP contribution is 2.29. The second kappa shape index (κ2) is 8.31. The zero-order chi connectivity index (χ0) is 20.5. The molecule has 0 amide bonds. The number of nitrogens with zero attached hydrogens (tertiary/aromatic N) is 3. The molecule has 1 atom stereocenters. The molecular weight excluding hydrogens is 394 g/mol. The number of fused-ring (bicyclic) bond motifs is 3. The van der Waals surface area contributed by atoms with Gasteiger partial charge in [-0.3, -0.25) is 4.90 Å². The molecule has 0 bridgehead atoms. The van der Waals surface area contributed by atoms with Gasteiger partial charge in [0.2, 0.25) is 0 Å². The van der Waals surface area contributed by atoms with E-state index in [0.717, 1.165) is 36.9 Å². The first-order valence-corrected chi connectivity index (χ1v) is 10.9. The number of β-amino-alcohol motifs (C(OH)–C–C–N with tert-alkyl or cyclic N) is 1. The zero-order valence-corrected chi connectivity index (χ0v) is 17.7. The average molecular weight is 420 g/mol. The summed E-state index contributed by atoms with van der Waals surface area (Å²) in [6.45, 7) is 4.97. The van der Waals surface area contributed by atoms with Crippen LogP contribution in [0.2, 0.25) is 5.02 Å². The van der Waals surface area contributed by atoms with Crippen molar-refractivity contribution in [2.45, 2.75) is 12.6 Å². The normalized spacial score (nSPS) is 16.4. The van der Waals surface area contributed by atoms with Crippen LogP contribution in [0.1, 0.15) is 0 Å². The number of rotatable bonds is 5. The lowest BCUT2D eigenvalue weighted by Crippen LogP contribution is -2.49. The minimum atomic E-state index is -0.420. The Morgan fingerprint density at radius 3 is 1.93 bits per heavy atom. The number of aliphatic hydroxyl groups excluding tert-OH is 1. The molecule has 1 aliphatic rings. The van der Waals surface area contributed by atoms with Crippen LogP contribution in [0.4, 0.5) is 5.69 Å². The van der Waals surface area contributed by atoms with E-state index in [-0.39, 0.29) is 0 Å². The van der Waals surface area contributed by atoms with Crippen molar-refractivity contribution in [3.05, 3.63) is 77.8 Å². The maximum atomic E-state index is 10.9. The van der Waals surface area contributed by atoms with Crippen LogP contribution in [0.5, 0.6) is 0 Å². The van der Waals surface area contributed by atoms with Gasteiger partial charge in [0.1, 0.15) is 0 Å². The number of anilines is 1. The molecule has 0 spiro atoms. The number of halogens is 1. The van der Waals surface area contributed by atoms with Gasteiger partial charge in [0, 0.05) is 54.5 Å². The molecule has 2 heterocycles. The molecule has 5 rings (SSSR count). The summed E-state index contributed by atoms with van der Waals surface area (Å²) in [7, 11) is 0. The standard InChI is InChI=1S/C25H26ClN3O/c26-22-9-3-6-12-25(22)28-15-13-27(14-16-28)17-19(30)18-29-23-10-4-1-7-20(23)21-8-2-5-11-24(21)29/h1-12,19,30H,13-18H2/t19-/m1/s1. The predicted molar refractivity (Wildman–Crippen MR) is 126 cm³/mol. The maximum absolute atomic E-state index is 10.9. The van der Waals surface area contributed by atoms with Gasteiger partial charge in [-0.25, -0.2) is 0 Å². The van der Waals surface area contributed by atoms with E-state index in [1.165, 1.54) is 21.8 Å². The van der Waals surface area contributed by atoms with E-state index in [0.29, 0.717) is 13.1 Å². The van der Waals surface area contributed by atoms with E-state index in [2.05, 4.69) is 69.0 Å². The van der Waals surface area contributed by atoms with E-state index in [1.807, 2.05) is 18.2 Å². The Morgan fingerprint density at radius 1 is 0.733 bits per heavy atom. The zero-order valence-electron chi connectivity index (χ0n) is 16.9. The van der Waals surface area contributed by atoms with Crippen LogP contribution < -0.4 is 4.90 Å². The van der Waals surface area contributed by atoms with Gasteiger partial charge >= 0.3 is 0 Å². The number of hydrogen-bond donors (Lipinski definition) is 1. The van der Waals surface area contributed by atoms with Crippen molar-refractivity contribution in [3.8, 4) is 0 Å². The Balaban J connectivity index is 1.27. The van der Waals surface area contributed by atoms with Crippen LogP contribution >= 0.6 is 11.6 Å². The number of aliphatic hydroxyl groups is 1. The molecule has 5 heteroatoms. The number of benzene rings is 3. The molecule has 1 saturated heterocycles. The third-order valence-corrected chi connectivity index (χ3v) is 6.43. The highest BCUT2D eigenvalue weighted by atomic mass is 35.5. The van der Waals surface area contributed by atoms with Crippen molar-refractivity contribution in [2.75, 3.05) is 37.6 Å². The summed E-state index contributed by atoms with van der Waals surface area (Å²) in [6, 6.07) is 24.9. The number of aromatic nitrogens is 1. The molecule has 1 fully saturated rings. The Hall–Kier alpha value is -2.53. The molecule has 3 aromatic carbocycles. The van der Waals surface area contributed by atoms with Gasteiger partial charge in [-0.05, 0) is 24.3 Å². The van der Waals surface area contributed by atoms with Crippen molar-refractivity contribution >= 4 is 39.1 Å². The van der Waals surface area contributed by atoms with E-state index in [9.17, 15) is 5.11 Å². The molecule has 4 aromatic rings. The second-order valence-electron chi connectivity index (χ2n) is 8.04. The Kier molecular flexibility index (Phi) is 5.38. The van der Waals surface area contributed by atoms with Crippen LogP contribution in [0, 0.1) is 0 Å². The summed E-state index contributed by atoms with van der Waals surface area (Å²) in [4.78, 5) is 4.68. The van der Waals surface area contributed by atoms with Crippen molar-refractivity contribution in [3.63, 3.8) is 0 Å². The van der Waals surface area contributed by atoms with Crippen LogP contribution in [0.15, 0.2) is 72.8 Å². The van der Waals surface area contributed by atoms with Crippen molar-refractivity contribution in [1.29, 1.82) is 0 Å². The Morgan fingerprint density at radius 2 is 1.30 bits per heavy atom. The molecule has 0 saturated carbocycles. The molecule has 0 unspecified atom stereocenters. The molecule has 30 heavy (non-hydrogen) atoms. The molecule has 1 aliphatic heterocycles. The quantitative estimate of drug-likeness (QED) is 0.511. The number of piperazine rings is 1. The third-order valence-electron chi connectivity index (χ3n) is 6.11. The van der Waals surface area contributed by atoms with Crippen molar-refractivity contribution in [2.24, 2.45) is 0 Å². The molecule has 4 nitrogen and oxygen atoms in total. The number of hydrogen-bond acceptors (Lipinski definition) is 3. The Bertz CT molecular complexity index is 1110. The van der Waals surface area contributed by atoms with Gasteiger partial charge in [-0.1, -0.05) is 60.1 Å². The molecule has 154 valence electrons. The average Bonchev–Trinajstić information content (AvgIpc) is 3.09. The monoisotopic (exact) mass is 419 g/mol. The van der Waals surface area contributed by atoms with Gasteiger partial charge < -0.3 is 14.6 Å². The van der Waals surface area contributed by atoms with Crippen LogP contribution in [-0.2, 0) is 6.54 Å². The molecular formula is C25H26ClN3O. The Labute approximate surface area is 181 Å². The fourth-order valence-corrected chi connectivity index (χ4v) is 4.90. The third kappa shape index (κ3) is 3.67. The highest BCUT2D eigenvalue weighted by molar-refractivity contribution is 6.33. The van der Waals surface area contributed by atoms with Gasteiger partial charge in [0.05, 0.1) is 23.4 Å². The van der Waals surface area contributed by atoms with Gasteiger partial charge in [-0.15, -0.1) is 0 Å². The largest absolute Gasteiger partial charge is 0.390 e. The smallest absolute Gasteiger partial charge is 0.0845 e. The van der Waals surface area contributed by atoms with Gasteiger partial charge in [-0.2, -0.15) is 0 Å². The fraction of sp³-hybridized carbons (Fsp3) is 0.280. The molecule has 1 N–H and O–H groups in total. The summed E-state index contributed by atoms with van der Waals surface area (Å²) >= 11 is 6.36. The van der Waals surface area contributed by atoms with E-state index >= 15 is 0 Å². The summed E-state index contributed by atoms with van der Waals surface area (Å²) in [5.74, 6) is 0. The molecule has 0 aliphatic carbocycles. The summed E-state index contributed by atoms with van der Waals surface area (Å²) in [5.41, 5.74) is 3.47. The van der Waals surface area contributed by atoms with Gasteiger partial charge in [0.15, 0.2) is 0 Å². The SMILES string of the molecule is O[C@H](CN1CCN(c2ccccc2Cl)CC1)Cn1c2ccccc2c2ccccc21.